The van der Waals surface area contributed by atoms with Crippen LogP contribution in [0, 0.1) is 0 Å². The lowest BCUT2D eigenvalue weighted by molar-refractivity contribution is 0.0831. The maximum absolute atomic E-state index is 5.60. The van der Waals surface area contributed by atoms with Crippen molar-refractivity contribution >= 4 is 0 Å². The Kier molecular flexibility index (Phi) is 4.68. The molecule has 2 rings (SSSR count). The highest BCUT2D eigenvalue weighted by Crippen LogP contribution is 2.23. The van der Waals surface area contributed by atoms with Crippen LogP contribution in [0.2, 0.25) is 0 Å². The highest BCUT2D eigenvalue weighted by molar-refractivity contribution is 5.63. The molecule has 0 fully saturated rings. The van der Waals surface area contributed by atoms with E-state index < -0.39 is 0 Å². The zero-order valence-corrected chi connectivity index (χ0v) is 11.3. The summed E-state index contributed by atoms with van der Waals surface area (Å²) >= 11 is 0. The lowest BCUT2D eigenvalue weighted by Crippen LogP contribution is -2.36. The summed E-state index contributed by atoms with van der Waals surface area (Å²) in [4.78, 5) is 0. The van der Waals surface area contributed by atoms with Crippen molar-refractivity contribution in [3.63, 3.8) is 0 Å². The van der Waals surface area contributed by atoms with Gasteiger partial charge in [-0.05, 0) is 23.6 Å². The Balaban J connectivity index is 2.23. The molecule has 3 nitrogen and oxygen atoms in total. The number of ether oxygens (including phenoxy) is 1. The van der Waals surface area contributed by atoms with Gasteiger partial charge in [0.1, 0.15) is 0 Å². The van der Waals surface area contributed by atoms with Gasteiger partial charge in [0.2, 0.25) is 0 Å². The molecule has 0 spiro atoms. The van der Waals surface area contributed by atoms with Gasteiger partial charge in [0, 0.05) is 7.11 Å². The van der Waals surface area contributed by atoms with Gasteiger partial charge in [-0.15, -0.1) is 0 Å². The van der Waals surface area contributed by atoms with Crippen LogP contribution in [0.4, 0.5) is 0 Å². The molecule has 0 amide bonds. The van der Waals surface area contributed by atoms with Crippen LogP contribution >= 0.6 is 0 Å². The van der Waals surface area contributed by atoms with Gasteiger partial charge in [-0.2, -0.15) is 0 Å². The first kappa shape index (κ1) is 13.7. The summed E-state index contributed by atoms with van der Waals surface area (Å²) in [5.74, 6) is 5.60. The first-order chi connectivity index (χ1) is 9.26. The van der Waals surface area contributed by atoms with Crippen LogP contribution in [-0.4, -0.2) is 13.2 Å². The van der Waals surface area contributed by atoms with Crippen molar-refractivity contribution in [1.82, 2.24) is 5.43 Å². The SMILES string of the molecule is COC(C)C(NN)c1ccc(-c2ccccc2)cc1. The van der Waals surface area contributed by atoms with Crippen LogP contribution in [0.25, 0.3) is 11.1 Å². The molecule has 100 valence electrons. The van der Waals surface area contributed by atoms with Crippen molar-refractivity contribution in [2.24, 2.45) is 5.84 Å². The maximum atomic E-state index is 5.60. The van der Waals surface area contributed by atoms with E-state index in [1.54, 1.807) is 7.11 Å². The Morgan fingerprint density at radius 3 is 2.05 bits per heavy atom. The smallest absolute Gasteiger partial charge is 0.0750 e. The Morgan fingerprint density at radius 1 is 0.947 bits per heavy atom. The predicted molar refractivity (Wildman–Crippen MR) is 78.4 cm³/mol. The molecule has 2 unspecified atom stereocenters. The highest BCUT2D eigenvalue weighted by atomic mass is 16.5. The highest BCUT2D eigenvalue weighted by Gasteiger charge is 2.17. The van der Waals surface area contributed by atoms with E-state index >= 15 is 0 Å². The minimum Gasteiger partial charge on any atom is -0.380 e. The molecule has 0 aliphatic rings. The number of hydrogen-bond acceptors (Lipinski definition) is 3. The number of methoxy groups -OCH3 is 1. The van der Waals surface area contributed by atoms with Crippen LogP contribution in [-0.2, 0) is 4.74 Å². The van der Waals surface area contributed by atoms with Crippen LogP contribution in [0.5, 0.6) is 0 Å². The van der Waals surface area contributed by atoms with Crippen molar-refractivity contribution in [1.29, 1.82) is 0 Å². The summed E-state index contributed by atoms with van der Waals surface area (Å²) in [7, 11) is 1.69. The minimum atomic E-state index is -0.00479. The Hall–Kier alpha value is -1.68. The fourth-order valence-corrected chi connectivity index (χ4v) is 2.15. The number of nitrogens with one attached hydrogen (secondary N) is 1. The Bertz CT molecular complexity index is 496. The lowest BCUT2D eigenvalue weighted by Gasteiger charge is -2.22. The van der Waals surface area contributed by atoms with Gasteiger partial charge in [0.25, 0.3) is 0 Å². The number of hydrazine groups is 1. The zero-order valence-electron chi connectivity index (χ0n) is 11.3. The van der Waals surface area contributed by atoms with Crippen molar-refractivity contribution in [2.75, 3.05) is 7.11 Å². The summed E-state index contributed by atoms with van der Waals surface area (Å²) in [6.45, 7) is 2.00. The standard InChI is InChI=1S/C16H20N2O/c1-12(19-2)16(18-17)15-10-8-14(9-11-15)13-6-4-3-5-7-13/h3-12,16,18H,17H2,1-2H3. The molecule has 0 bridgehead atoms. The second-order valence-corrected chi connectivity index (χ2v) is 4.57. The fourth-order valence-electron chi connectivity index (χ4n) is 2.15. The molecule has 0 heterocycles. The van der Waals surface area contributed by atoms with Gasteiger partial charge in [-0.25, -0.2) is 0 Å². The van der Waals surface area contributed by atoms with Crippen molar-refractivity contribution in [3.8, 4) is 11.1 Å². The second kappa shape index (κ2) is 6.48. The Labute approximate surface area is 114 Å². The molecule has 3 N–H and O–H groups in total. The molecule has 0 saturated carbocycles. The third-order valence-electron chi connectivity index (χ3n) is 3.40. The van der Waals surface area contributed by atoms with Crippen LogP contribution in [0.1, 0.15) is 18.5 Å². The topological polar surface area (TPSA) is 47.3 Å². The molecule has 0 aliphatic carbocycles. The largest absolute Gasteiger partial charge is 0.380 e. The van der Waals surface area contributed by atoms with E-state index in [9.17, 15) is 0 Å². The van der Waals surface area contributed by atoms with Gasteiger partial charge in [-0.3, -0.25) is 11.3 Å². The molecule has 2 aromatic carbocycles. The average Bonchev–Trinajstić information content (AvgIpc) is 2.49. The summed E-state index contributed by atoms with van der Waals surface area (Å²) in [6.07, 6.45) is 0.0209. The van der Waals surface area contributed by atoms with E-state index in [2.05, 4.69) is 41.8 Å². The van der Waals surface area contributed by atoms with Gasteiger partial charge >= 0.3 is 0 Å². The van der Waals surface area contributed by atoms with Crippen molar-refractivity contribution < 1.29 is 4.74 Å². The number of hydrogen-bond donors (Lipinski definition) is 2. The van der Waals surface area contributed by atoms with E-state index in [-0.39, 0.29) is 12.1 Å². The quantitative estimate of drug-likeness (QED) is 0.639. The third-order valence-corrected chi connectivity index (χ3v) is 3.40. The van der Waals surface area contributed by atoms with Gasteiger partial charge in [-0.1, -0.05) is 54.6 Å². The average molecular weight is 256 g/mol. The summed E-state index contributed by atoms with van der Waals surface area (Å²) in [6, 6.07) is 18.7. The molecule has 2 aromatic rings. The van der Waals surface area contributed by atoms with Crippen LogP contribution in [0.3, 0.4) is 0 Å². The molecular formula is C16H20N2O. The zero-order chi connectivity index (χ0) is 13.7. The molecule has 3 heteroatoms. The molecule has 0 aromatic heterocycles. The molecule has 0 saturated heterocycles. The lowest BCUT2D eigenvalue weighted by atomic mass is 9.99. The van der Waals surface area contributed by atoms with Crippen molar-refractivity contribution in [2.45, 2.75) is 19.1 Å². The number of benzene rings is 2. The minimum absolute atomic E-state index is 0.00479. The van der Waals surface area contributed by atoms with Gasteiger partial charge in [0.15, 0.2) is 0 Å². The van der Waals surface area contributed by atoms with E-state index in [1.807, 2.05) is 25.1 Å². The Morgan fingerprint density at radius 2 is 1.53 bits per heavy atom. The van der Waals surface area contributed by atoms with Crippen molar-refractivity contribution in [3.05, 3.63) is 60.2 Å². The predicted octanol–water partition coefficient (Wildman–Crippen LogP) is 2.89. The molecule has 0 aliphatic heterocycles. The number of nitrogens with two attached hydrogens (primary N) is 1. The summed E-state index contributed by atoms with van der Waals surface area (Å²) in [5.41, 5.74) is 6.34. The first-order valence-electron chi connectivity index (χ1n) is 6.40. The van der Waals surface area contributed by atoms with Crippen LogP contribution in [0.15, 0.2) is 54.6 Å². The van der Waals surface area contributed by atoms with E-state index in [0.29, 0.717) is 0 Å². The van der Waals surface area contributed by atoms with E-state index in [0.717, 1.165) is 5.56 Å². The maximum Gasteiger partial charge on any atom is 0.0750 e. The molecule has 0 radical (unpaired) electrons. The van der Waals surface area contributed by atoms with Gasteiger partial charge < -0.3 is 4.74 Å². The van der Waals surface area contributed by atoms with Crippen LogP contribution < -0.4 is 11.3 Å². The van der Waals surface area contributed by atoms with Gasteiger partial charge in [0.05, 0.1) is 12.1 Å². The molecule has 2 atom stereocenters. The number of rotatable bonds is 5. The normalized spacial score (nSPS) is 14.1. The summed E-state index contributed by atoms with van der Waals surface area (Å²) in [5, 5.41) is 0. The monoisotopic (exact) mass is 256 g/mol. The van der Waals surface area contributed by atoms with E-state index in [4.69, 9.17) is 10.6 Å². The third kappa shape index (κ3) is 3.20. The first-order valence-corrected chi connectivity index (χ1v) is 6.40. The van der Waals surface area contributed by atoms with E-state index in [1.165, 1.54) is 11.1 Å². The summed E-state index contributed by atoms with van der Waals surface area (Å²) < 4.78 is 5.33. The fraction of sp³-hybridized carbons (Fsp3) is 0.250. The molecular weight excluding hydrogens is 236 g/mol. The second-order valence-electron chi connectivity index (χ2n) is 4.57. The molecule has 19 heavy (non-hydrogen) atoms.